The summed E-state index contributed by atoms with van der Waals surface area (Å²) in [7, 11) is 0. The Kier molecular flexibility index (Phi) is 7.88. The van der Waals surface area contributed by atoms with Gasteiger partial charge in [0.2, 0.25) is 0 Å². The van der Waals surface area contributed by atoms with Crippen molar-refractivity contribution >= 4 is 30.2 Å². The van der Waals surface area contributed by atoms with E-state index < -0.39 is 20.4 Å². The molecular weight excluding hydrogens is 430 g/mol. The third-order valence-corrected chi connectivity index (χ3v) is 25.4. The fourth-order valence-electron chi connectivity index (χ4n) is 5.05. The summed E-state index contributed by atoms with van der Waals surface area (Å²) in [6, 6.07) is 0. The van der Waals surface area contributed by atoms with Gasteiger partial charge >= 0.3 is 144 Å². The van der Waals surface area contributed by atoms with Crippen LogP contribution >= 0.6 is 24.8 Å². The minimum absolute atomic E-state index is 0. The molecule has 4 aliphatic carbocycles. The van der Waals surface area contributed by atoms with E-state index in [4.69, 9.17) is 0 Å². The van der Waals surface area contributed by atoms with E-state index in [1.165, 1.54) is 51.4 Å². The van der Waals surface area contributed by atoms with Crippen molar-refractivity contribution in [3.8, 4) is 0 Å². The van der Waals surface area contributed by atoms with Gasteiger partial charge < -0.3 is 0 Å². The van der Waals surface area contributed by atoms with Crippen molar-refractivity contribution < 1.29 is 20.4 Å². The Morgan fingerprint density at radius 3 is 1.58 bits per heavy atom. The Balaban J connectivity index is 0.00000104. The van der Waals surface area contributed by atoms with Gasteiger partial charge in [0.05, 0.1) is 0 Å². The Morgan fingerprint density at radius 1 is 0.750 bits per heavy atom. The monoisotopic (exact) mass is 458 g/mol. The van der Waals surface area contributed by atoms with E-state index in [1.807, 2.05) is 11.1 Å². The predicted octanol–water partition coefficient (Wildman–Crippen LogP) is 7.16. The number of allylic oxidation sites excluding steroid dienone is 8. The van der Waals surface area contributed by atoms with E-state index >= 15 is 0 Å². The predicted molar refractivity (Wildman–Crippen MR) is 109 cm³/mol. The molecule has 0 nitrogen and oxygen atoms in total. The summed E-state index contributed by atoms with van der Waals surface area (Å²) in [4.78, 5) is 0. The first-order valence-electron chi connectivity index (χ1n) is 9.23. The van der Waals surface area contributed by atoms with Gasteiger partial charge in [-0.3, -0.25) is 0 Å². The zero-order valence-electron chi connectivity index (χ0n) is 14.9. The fraction of sp³-hybridized carbons (Fsp3) is 0.600. The fourth-order valence-corrected chi connectivity index (χ4v) is 24.6. The van der Waals surface area contributed by atoms with Crippen molar-refractivity contribution in [3.63, 3.8) is 0 Å². The van der Waals surface area contributed by atoms with Crippen LogP contribution in [-0.2, 0) is 20.4 Å². The maximum atomic E-state index is 2.68. The van der Waals surface area contributed by atoms with E-state index in [-0.39, 0.29) is 30.2 Å². The number of halogens is 2. The van der Waals surface area contributed by atoms with Crippen molar-refractivity contribution in [3.05, 3.63) is 46.6 Å². The maximum absolute atomic E-state index is 2.68. The van der Waals surface area contributed by atoms with Crippen LogP contribution in [0.2, 0.25) is 20.3 Å². The molecule has 4 heteroatoms. The van der Waals surface area contributed by atoms with Gasteiger partial charge in [0, 0.05) is 0 Å². The van der Waals surface area contributed by atoms with E-state index in [0.29, 0.717) is 0 Å². The topological polar surface area (TPSA) is 0 Å². The van der Waals surface area contributed by atoms with Crippen molar-refractivity contribution in [1.82, 2.24) is 0 Å². The van der Waals surface area contributed by atoms with Crippen LogP contribution in [0.3, 0.4) is 0 Å². The quantitative estimate of drug-likeness (QED) is 0.384. The van der Waals surface area contributed by atoms with Gasteiger partial charge in [0.15, 0.2) is 0 Å². The second-order valence-electron chi connectivity index (χ2n) is 7.64. The van der Waals surface area contributed by atoms with Crippen LogP contribution in [0.1, 0.15) is 51.4 Å². The zero-order chi connectivity index (χ0) is 15.1. The summed E-state index contributed by atoms with van der Waals surface area (Å²) < 4.78 is 1.93. The third kappa shape index (κ3) is 3.83. The Hall–Kier alpha value is 0.640. The first kappa shape index (κ1) is 20.9. The van der Waals surface area contributed by atoms with Gasteiger partial charge in [-0.15, -0.1) is 24.8 Å². The molecule has 2 unspecified atom stereocenters. The van der Waals surface area contributed by atoms with Crippen molar-refractivity contribution in [1.29, 1.82) is 0 Å². The molecule has 0 saturated heterocycles. The van der Waals surface area contributed by atoms with Gasteiger partial charge in [-0.2, -0.15) is 0 Å². The molecule has 24 heavy (non-hydrogen) atoms. The van der Waals surface area contributed by atoms with Crippen molar-refractivity contribution in [2.45, 2.75) is 71.7 Å². The summed E-state index contributed by atoms with van der Waals surface area (Å²) in [6.07, 6.45) is 21.8. The summed E-state index contributed by atoms with van der Waals surface area (Å²) >= 11 is -1.48. The molecule has 0 aromatic rings. The molecule has 0 aromatic carbocycles. The van der Waals surface area contributed by atoms with Crippen LogP contribution in [0, 0.1) is 0 Å². The average Bonchev–Trinajstić information content (AvgIpc) is 3.13. The van der Waals surface area contributed by atoms with Crippen molar-refractivity contribution in [2.24, 2.45) is 0 Å². The molecule has 0 spiro atoms. The number of hydrogen-bond acceptors (Lipinski definition) is 0. The normalized spacial score (nSPS) is 27.4. The van der Waals surface area contributed by atoms with Crippen LogP contribution in [0.15, 0.2) is 46.6 Å². The Morgan fingerprint density at radius 2 is 1.17 bits per heavy atom. The van der Waals surface area contributed by atoms with E-state index in [2.05, 4.69) is 37.4 Å². The van der Waals surface area contributed by atoms with Crippen LogP contribution in [0.25, 0.3) is 0 Å². The molecular formula is C20H30Cl2SiZr. The van der Waals surface area contributed by atoms with Gasteiger partial charge in [-0.05, 0) is 0 Å². The summed E-state index contributed by atoms with van der Waals surface area (Å²) in [5.74, 6) is 0. The van der Waals surface area contributed by atoms with Crippen LogP contribution in [0.5, 0.6) is 0 Å². The molecule has 0 radical (unpaired) electrons. The number of rotatable bonds is 2. The maximum Gasteiger partial charge on any atom is -0.147 e. The summed E-state index contributed by atoms with van der Waals surface area (Å²) in [6.45, 7) is 5.29. The largest absolute Gasteiger partial charge is 0.147 e. The standard InChI is InChI=1S/2C9H11.C2H6Si.2ClH.Zr/c2*1-2-5-9-7-3-6-8(9)4-1;1-3-2;;;/h2*3,6-7H,1-2,4-5H2;1-2H3;2*1H;. The summed E-state index contributed by atoms with van der Waals surface area (Å²) in [5.41, 5.74) is 7.25. The van der Waals surface area contributed by atoms with Gasteiger partial charge in [0.1, 0.15) is 0 Å². The molecule has 0 heterocycles. The molecule has 4 rings (SSSR count). The smallest absolute Gasteiger partial charge is 0.147 e. The minimum Gasteiger partial charge on any atom is -0.147 e. The molecule has 2 atom stereocenters. The number of hydrogen-bond donors (Lipinski definition) is 0. The first-order chi connectivity index (χ1) is 10.8. The minimum atomic E-state index is -1.48. The van der Waals surface area contributed by atoms with E-state index in [0.717, 1.165) is 7.25 Å². The molecule has 0 aliphatic heterocycles. The third-order valence-electron chi connectivity index (χ3n) is 6.09. The van der Waals surface area contributed by atoms with Gasteiger partial charge in [-0.1, -0.05) is 0 Å². The summed E-state index contributed by atoms with van der Waals surface area (Å²) in [5, 5.41) is 0. The van der Waals surface area contributed by atoms with Gasteiger partial charge in [-0.25, -0.2) is 0 Å². The molecule has 0 amide bonds. The second-order valence-corrected chi connectivity index (χ2v) is 25.7. The molecule has 0 aromatic heterocycles. The van der Waals surface area contributed by atoms with Crippen molar-refractivity contribution in [2.75, 3.05) is 0 Å². The molecule has 132 valence electrons. The van der Waals surface area contributed by atoms with E-state index in [1.54, 1.807) is 11.1 Å². The second kappa shape index (κ2) is 9.03. The van der Waals surface area contributed by atoms with E-state index in [9.17, 15) is 0 Å². The first-order valence-corrected chi connectivity index (χ1v) is 18.3. The Bertz CT molecular complexity index is 601. The molecule has 4 aliphatic rings. The molecule has 0 saturated carbocycles. The molecule has 0 N–H and O–H groups in total. The van der Waals surface area contributed by atoms with Crippen LogP contribution in [-0.4, -0.2) is 5.43 Å². The zero-order valence-corrected chi connectivity index (χ0v) is 20.0. The van der Waals surface area contributed by atoms with Gasteiger partial charge in [0.25, 0.3) is 0 Å². The average molecular weight is 461 g/mol. The SMILES string of the molecule is C[Si](C)=[Zr]([CH]1C=CC2=C1CCCC2)[CH]1C=CC2=C1CCCC2.Cl.Cl. The molecule has 0 bridgehead atoms. The Labute approximate surface area is 168 Å². The molecule has 0 fully saturated rings. The van der Waals surface area contributed by atoms with Crippen LogP contribution < -0.4 is 0 Å². The van der Waals surface area contributed by atoms with Crippen LogP contribution in [0.4, 0.5) is 0 Å².